The lowest BCUT2D eigenvalue weighted by molar-refractivity contribution is -0.211. The number of amides is 1. The maximum absolute atomic E-state index is 14.1. The molecule has 42 heavy (non-hydrogen) atoms. The van der Waals surface area contributed by atoms with Crippen LogP contribution in [-0.4, -0.2) is 55.5 Å². The standard InChI is InChI=1S/C30H55N5O5SSi/c1-12-15-16-17-18-39-35(28(36)26(33-34-31)22(6)13-2)24(21(4)5)19-25(40-42(10,11)30(7,8)9)27-32-23(20-41-27)29(37)38-14-3/h20-22,24-26H,12-19H2,1-11H3. The summed E-state index contributed by atoms with van der Waals surface area (Å²) in [5.74, 6) is -0.973. The van der Waals surface area contributed by atoms with Gasteiger partial charge in [0, 0.05) is 16.7 Å². The highest BCUT2D eigenvalue weighted by atomic mass is 32.1. The fourth-order valence-electron chi connectivity index (χ4n) is 4.15. The number of carbonyl (C=O) groups excluding carboxylic acids is 2. The SMILES string of the molecule is CCCCCCON(C(=O)C(N=[N+]=[N-])C(C)CC)C(CC(O[Si](C)(C)C(C)(C)C)c1nc(C(=O)OCC)cs1)C(C)C. The van der Waals surface area contributed by atoms with Crippen molar-refractivity contribution in [3.05, 3.63) is 26.5 Å². The van der Waals surface area contributed by atoms with Crippen molar-refractivity contribution in [3.63, 3.8) is 0 Å². The molecule has 0 aliphatic carbocycles. The molecule has 0 saturated carbocycles. The van der Waals surface area contributed by atoms with Crippen LogP contribution in [0.25, 0.3) is 10.4 Å². The number of hydrogen-bond acceptors (Lipinski definition) is 8. The Hall–Kier alpha value is -1.98. The van der Waals surface area contributed by atoms with Gasteiger partial charge < -0.3 is 9.16 Å². The first-order chi connectivity index (χ1) is 19.6. The van der Waals surface area contributed by atoms with Crippen LogP contribution in [-0.2, 0) is 18.8 Å². The van der Waals surface area contributed by atoms with Gasteiger partial charge in [-0.15, -0.1) is 11.3 Å². The average molecular weight is 626 g/mol. The quantitative estimate of drug-likeness (QED) is 0.0287. The summed E-state index contributed by atoms with van der Waals surface area (Å²) in [4.78, 5) is 40.4. The number of rotatable bonds is 19. The molecule has 12 heteroatoms. The number of carbonyl (C=O) groups is 2. The fourth-order valence-corrected chi connectivity index (χ4v) is 6.34. The van der Waals surface area contributed by atoms with Crippen molar-refractivity contribution >= 4 is 31.5 Å². The summed E-state index contributed by atoms with van der Waals surface area (Å²) in [7, 11) is -2.31. The van der Waals surface area contributed by atoms with Crippen LogP contribution in [0.15, 0.2) is 10.5 Å². The van der Waals surface area contributed by atoms with Crippen molar-refractivity contribution in [1.29, 1.82) is 0 Å². The van der Waals surface area contributed by atoms with Crippen molar-refractivity contribution < 1.29 is 23.6 Å². The summed E-state index contributed by atoms with van der Waals surface area (Å²) >= 11 is 1.36. The second-order valence-electron chi connectivity index (χ2n) is 12.8. The molecule has 4 unspecified atom stereocenters. The number of esters is 1. The van der Waals surface area contributed by atoms with Gasteiger partial charge in [-0.2, -0.15) is 0 Å². The van der Waals surface area contributed by atoms with E-state index in [9.17, 15) is 15.1 Å². The molecule has 1 aromatic rings. The Kier molecular flexibility index (Phi) is 16.3. The van der Waals surface area contributed by atoms with E-state index in [-0.39, 0.29) is 35.1 Å². The first kappa shape index (κ1) is 38.0. The molecule has 4 atom stereocenters. The van der Waals surface area contributed by atoms with E-state index in [1.54, 1.807) is 12.3 Å². The molecule has 10 nitrogen and oxygen atoms in total. The molecule has 0 aromatic carbocycles. The molecule has 0 aliphatic heterocycles. The zero-order valence-corrected chi connectivity index (χ0v) is 29.6. The molecule has 1 amide bonds. The number of hydroxylamine groups is 2. The van der Waals surface area contributed by atoms with Gasteiger partial charge in [0.05, 0.1) is 25.4 Å². The van der Waals surface area contributed by atoms with Gasteiger partial charge in [0.15, 0.2) is 14.0 Å². The lowest BCUT2D eigenvalue weighted by atomic mass is 9.94. The third kappa shape index (κ3) is 11.3. The smallest absolute Gasteiger partial charge is 0.357 e. The Morgan fingerprint density at radius 1 is 1.14 bits per heavy atom. The summed E-state index contributed by atoms with van der Waals surface area (Å²) in [6.07, 6.45) is 4.61. The molecule has 0 radical (unpaired) electrons. The number of nitrogens with zero attached hydrogens (tertiary/aromatic N) is 5. The fraction of sp³-hybridized carbons (Fsp3) is 0.833. The molecule has 0 saturated heterocycles. The highest BCUT2D eigenvalue weighted by Gasteiger charge is 2.43. The van der Waals surface area contributed by atoms with Gasteiger partial charge in [-0.3, -0.25) is 9.63 Å². The summed E-state index contributed by atoms with van der Waals surface area (Å²) in [6.45, 7) is 23.4. The van der Waals surface area contributed by atoms with E-state index < -0.39 is 32.5 Å². The van der Waals surface area contributed by atoms with Crippen LogP contribution >= 0.6 is 11.3 Å². The predicted octanol–water partition coefficient (Wildman–Crippen LogP) is 8.86. The Bertz CT molecular complexity index is 1020. The third-order valence-corrected chi connectivity index (χ3v) is 13.5. The van der Waals surface area contributed by atoms with Crippen LogP contribution in [0.4, 0.5) is 0 Å². The highest BCUT2D eigenvalue weighted by Crippen LogP contribution is 2.42. The largest absolute Gasteiger partial charge is 0.461 e. The molecule has 1 rings (SSSR count). The number of aromatic nitrogens is 1. The second-order valence-corrected chi connectivity index (χ2v) is 18.4. The minimum Gasteiger partial charge on any atom is -0.461 e. The van der Waals surface area contributed by atoms with Gasteiger partial charge in [-0.25, -0.2) is 14.8 Å². The molecule has 1 aromatic heterocycles. The van der Waals surface area contributed by atoms with E-state index in [1.165, 1.54) is 16.4 Å². The van der Waals surface area contributed by atoms with Crippen LogP contribution < -0.4 is 0 Å². The van der Waals surface area contributed by atoms with Gasteiger partial charge >= 0.3 is 5.97 Å². The van der Waals surface area contributed by atoms with Gasteiger partial charge in [0.2, 0.25) is 0 Å². The number of thiazole rings is 1. The van der Waals surface area contributed by atoms with E-state index in [4.69, 9.17) is 14.0 Å². The third-order valence-electron chi connectivity index (χ3n) is 8.11. The summed E-state index contributed by atoms with van der Waals surface area (Å²) < 4.78 is 12.1. The molecular formula is C30H55N5O5SSi. The molecule has 0 bridgehead atoms. The number of azide groups is 1. The summed E-state index contributed by atoms with van der Waals surface area (Å²) in [6, 6.07) is -1.28. The molecular weight excluding hydrogens is 571 g/mol. The van der Waals surface area contributed by atoms with Gasteiger partial charge in [-0.05, 0) is 48.8 Å². The molecule has 0 spiro atoms. The molecule has 0 aliphatic rings. The first-order valence-corrected chi connectivity index (χ1v) is 19.2. The van der Waals surface area contributed by atoms with Crippen molar-refractivity contribution in [2.45, 2.75) is 137 Å². The number of unbranched alkanes of at least 4 members (excludes halogenated alkanes) is 3. The van der Waals surface area contributed by atoms with Gasteiger partial charge in [-0.1, -0.05) is 86.2 Å². The molecule has 240 valence electrons. The molecule has 1 heterocycles. The van der Waals surface area contributed by atoms with Crippen molar-refractivity contribution in [3.8, 4) is 0 Å². The van der Waals surface area contributed by atoms with E-state index in [2.05, 4.69) is 55.8 Å². The van der Waals surface area contributed by atoms with Gasteiger partial charge in [0.25, 0.3) is 5.91 Å². The maximum Gasteiger partial charge on any atom is 0.357 e. The van der Waals surface area contributed by atoms with Crippen molar-refractivity contribution in [2.75, 3.05) is 13.2 Å². The lowest BCUT2D eigenvalue weighted by Crippen LogP contribution is -2.50. The predicted molar refractivity (Wildman–Crippen MR) is 172 cm³/mol. The van der Waals surface area contributed by atoms with E-state index in [0.29, 0.717) is 24.5 Å². The van der Waals surface area contributed by atoms with Crippen molar-refractivity contribution in [2.24, 2.45) is 17.0 Å². The van der Waals surface area contributed by atoms with Crippen LogP contribution in [0, 0.1) is 11.8 Å². The van der Waals surface area contributed by atoms with Crippen LogP contribution in [0.5, 0.6) is 0 Å². The number of hydrogen-bond donors (Lipinski definition) is 0. The van der Waals surface area contributed by atoms with E-state index in [1.807, 2.05) is 27.7 Å². The number of ether oxygens (including phenoxy) is 1. The molecule has 0 fully saturated rings. The monoisotopic (exact) mass is 625 g/mol. The summed E-state index contributed by atoms with van der Waals surface area (Å²) in [5, 5.41) is 7.66. The second kappa shape index (κ2) is 18.0. The average Bonchev–Trinajstić information content (AvgIpc) is 3.41. The highest BCUT2D eigenvalue weighted by molar-refractivity contribution is 7.09. The minimum absolute atomic E-state index is 0.0109. The normalized spacial score (nSPS) is 15.0. The maximum atomic E-state index is 14.1. The van der Waals surface area contributed by atoms with Crippen LogP contribution in [0.1, 0.15) is 122 Å². The van der Waals surface area contributed by atoms with Gasteiger partial charge in [0.1, 0.15) is 11.0 Å². The van der Waals surface area contributed by atoms with Crippen molar-refractivity contribution in [1.82, 2.24) is 10.0 Å². The minimum atomic E-state index is -2.31. The molecule has 0 N–H and O–H groups in total. The topological polar surface area (TPSA) is 127 Å². The summed E-state index contributed by atoms with van der Waals surface area (Å²) in [5.41, 5.74) is 9.55. The van der Waals surface area contributed by atoms with E-state index >= 15 is 0 Å². The zero-order valence-electron chi connectivity index (χ0n) is 27.8. The Labute approximate surface area is 258 Å². The Balaban J connectivity index is 3.59. The van der Waals surface area contributed by atoms with Crippen LogP contribution in [0.3, 0.4) is 0 Å². The lowest BCUT2D eigenvalue weighted by Gasteiger charge is -2.41. The Morgan fingerprint density at radius 2 is 1.81 bits per heavy atom. The Morgan fingerprint density at radius 3 is 2.33 bits per heavy atom. The van der Waals surface area contributed by atoms with Crippen LogP contribution in [0.2, 0.25) is 18.1 Å². The zero-order chi connectivity index (χ0) is 32.1. The van der Waals surface area contributed by atoms with E-state index in [0.717, 1.165) is 25.7 Å². The first-order valence-electron chi connectivity index (χ1n) is 15.4.